The molecule has 7 nitrogen and oxygen atoms in total. The fraction of sp³-hybridized carbons (Fsp3) is 0.545. The number of carbonyl (C=O) groups is 2. The maximum Gasteiger partial charge on any atom is 0.319 e. The minimum Gasteiger partial charge on any atom is -0.481 e. The van der Waals surface area contributed by atoms with Crippen LogP contribution in [0.3, 0.4) is 0 Å². The number of hydrogen-bond acceptors (Lipinski definition) is 3. The Labute approximate surface area is 104 Å². The predicted molar refractivity (Wildman–Crippen MR) is 64.1 cm³/mol. The van der Waals surface area contributed by atoms with Crippen LogP contribution in [-0.2, 0) is 4.79 Å². The van der Waals surface area contributed by atoms with Crippen molar-refractivity contribution in [2.24, 2.45) is 5.92 Å². The van der Waals surface area contributed by atoms with E-state index in [0.717, 1.165) is 0 Å². The minimum absolute atomic E-state index is 0.0486. The molecule has 1 aliphatic rings. The molecule has 0 radical (unpaired) electrons. The Morgan fingerprint density at radius 3 is 2.61 bits per heavy atom. The molecular formula is C11H16N4O3. The molecule has 2 amide bonds. The Bertz CT molecular complexity index is 410. The topological polar surface area (TPSA) is 107 Å². The third-order valence-corrected chi connectivity index (χ3v) is 3.17. The first kappa shape index (κ1) is 12.4. The molecule has 0 aromatic carbocycles. The van der Waals surface area contributed by atoms with Crippen molar-refractivity contribution in [1.29, 1.82) is 0 Å². The lowest BCUT2D eigenvalue weighted by molar-refractivity contribution is -0.142. The number of carboxylic acid groups (broad SMARTS) is 1. The van der Waals surface area contributed by atoms with Crippen LogP contribution in [0.4, 0.5) is 10.5 Å². The maximum atomic E-state index is 11.6. The summed E-state index contributed by atoms with van der Waals surface area (Å²) >= 11 is 0. The molecule has 1 fully saturated rings. The van der Waals surface area contributed by atoms with Crippen molar-refractivity contribution in [3.8, 4) is 0 Å². The molecule has 0 atom stereocenters. The van der Waals surface area contributed by atoms with Crippen molar-refractivity contribution >= 4 is 17.7 Å². The third-order valence-electron chi connectivity index (χ3n) is 3.17. The van der Waals surface area contributed by atoms with E-state index in [1.54, 1.807) is 6.20 Å². The van der Waals surface area contributed by atoms with Crippen molar-refractivity contribution in [1.82, 2.24) is 15.5 Å². The second-order valence-electron chi connectivity index (χ2n) is 4.47. The molecule has 0 spiro atoms. The van der Waals surface area contributed by atoms with Gasteiger partial charge in [-0.15, -0.1) is 0 Å². The SMILES string of the molecule is O=C(Nc1cn[nH]c1)NC1CCC(C(=O)O)CC1. The highest BCUT2D eigenvalue weighted by Gasteiger charge is 2.26. The fourth-order valence-electron chi connectivity index (χ4n) is 2.16. The summed E-state index contributed by atoms with van der Waals surface area (Å²) in [5, 5.41) is 20.7. The van der Waals surface area contributed by atoms with Crippen LogP contribution >= 0.6 is 0 Å². The van der Waals surface area contributed by atoms with E-state index in [1.165, 1.54) is 6.20 Å². The highest BCUT2D eigenvalue weighted by atomic mass is 16.4. The van der Waals surface area contributed by atoms with Gasteiger partial charge in [-0.1, -0.05) is 0 Å². The lowest BCUT2D eigenvalue weighted by atomic mass is 9.86. The number of hydrogen-bond donors (Lipinski definition) is 4. The molecular weight excluding hydrogens is 236 g/mol. The van der Waals surface area contributed by atoms with E-state index in [2.05, 4.69) is 20.8 Å². The molecule has 7 heteroatoms. The molecule has 0 bridgehead atoms. The van der Waals surface area contributed by atoms with E-state index in [4.69, 9.17) is 5.11 Å². The van der Waals surface area contributed by atoms with E-state index in [1.807, 2.05) is 0 Å². The maximum absolute atomic E-state index is 11.6. The van der Waals surface area contributed by atoms with Crippen LogP contribution in [0.1, 0.15) is 25.7 Å². The zero-order valence-electron chi connectivity index (χ0n) is 9.85. The number of aliphatic carboxylic acids is 1. The van der Waals surface area contributed by atoms with Crippen molar-refractivity contribution in [2.75, 3.05) is 5.32 Å². The van der Waals surface area contributed by atoms with Gasteiger partial charge in [-0.25, -0.2) is 4.79 Å². The number of rotatable bonds is 3. The van der Waals surface area contributed by atoms with Crippen molar-refractivity contribution in [3.05, 3.63) is 12.4 Å². The van der Waals surface area contributed by atoms with Crippen molar-refractivity contribution < 1.29 is 14.7 Å². The number of carboxylic acids is 1. The monoisotopic (exact) mass is 252 g/mol. The summed E-state index contributed by atoms with van der Waals surface area (Å²) < 4.78 is 0. The van der Waals surface area contributed by atoms with E-state index >= 15 is 0 Å². The zero-order valence-corrected chi connectivity index (χ0v) is 9.85. The van der Waals surface area contributed by atoms with Crippen molar-refractivity contribution in [2.45, 2.75) is 31.7 Å². The first-order chi connectivity index (χ1) is 8.65. The number of H-pyrrole nitrogens is 1. The molecule has 4 N–H and O–H groups in total. The quantitative estimate of drug-likeness (QED) is 0.647. The van der Waals surface area contributed by atoms with Gasteiger partial charge in [0.15, 0.2) is 0 Å². The van der Waals surface area contributed by atoms with Crippen LogP contribution in [0.2, 0.25) is 0 Å². The number of nitrogens with one attached hydrogen (secondary N) is 3. The van der Waals surface area contributed by atoms with E-state index in [-0.39, 0.29) is 18.0 Å². The average Bonchev–Trinajstić information content (AvgIpc) is 2.82. The molecule has 18 heavy (non-hydrogen) atoms. The normalized spacial score (nSPS) is 23.3. The van der Waals surface area contributed by atoms with Crippen LogP contribution in [0, 0.1) is 5.92 Å². The van der Waals surface area contributed by atoms with Crippen LogP contribution in [-0.4, -0.2) is 33.3 Å². The van der Waals surface area contributed by atoms with Gasteiger partial charge in [0.05, 0.1) is 17.8 Å². The Morgan fingerprint density at radius 1 is 1.33 bits per heavy atom. The van der Waals surface area contributed by atoms with Crippen LogP contribution in [0.5, 0.6) is 0 Å². The van der Waals surface area contributed by atoms with Gasteiger partial charge < -0.3 is 15.7 Å². The van der Waals surface area contributed by atoms with Gasteiger partial charge in [0, 0.05) is 12.2 Å². The Balaban J connectivity index is 1.74. The number of nitrogens with zero attached hydrogens (tertiary/aromatic N) is 1. The molecule has 0 saturated heterocycles. The minimum atomic E-state index is -0.740. The summed E-state index contributed by atoms with van der Waals surface area (Å²) in [6.45, 7) is 0. The summed E-state index contributed by atoms with van der Waals surface area (Å²) in [6.07, 6.45) is 5.74. The predicted octanol–water partition coefficient (Wildman–Crippen LogP) is 1.17. The number of amides is 2. The summed E-state index contributed by atoms with van der Waals surface area (Å²) in [5.74, 6) is -1.00. The molecule has 1 aromatic heterocycles. The summed E-state index contributed by atoms with van der Waals surface area (Å²) in [7, 11) is 0. The van der Waals surface area contributed by atoms with Gasteiger partial charge in [-0.3, -0.25) is 9.89 Å². The number of aromatic nitrogens is 2. The van der Waals surface area contributed by atoms with Gasteiger partial charge in [-0.05, 0) is 25.7 Å². The molecule has 1 saturated carbocycles. The number of urea groups is 1. The highest BCUT2D eigenvalue weighted by Crippen LogP contribution is 2.24. The standard InChI is InChI=1S/C11H16N4O3/c16-10(17)7-1-3-8(4-2-7)14-11(18)15-9-5-12-13-6-9/h5-8H,1-4H2,(H,12,13)(H,16,17)(H2,14,15,18). The lowest BCUT2D eigenvalue weighted by Crippen LogP contribution is -2.40. The summed E-state index contributed by atoms with van der Waals surface area (Å²) in [4.78, 5) is 22.4. The number of carbonyl (C=O) groups excluding carboxylic acids is 1. The second-order valence-corrected chi connectivity index (χ2v) is 4.47. The van der Waals surface area contributed by atoms with E-state index < -0.39 is 5.97 Å². The van der Waals surface area contributed by atoms with Gasteiger partial charge in [0.1, 0.15) is 0 Å². The van der Waals surface area contributed by atoms with Gasteiger partial charge in [-0.2, -0.15) is 5.10 Å². The van der Waals surface area contributed by atoms with Crippen molar-refractivity contribution in [3.63, 3.8) is 0 Å². The van der Waals surface area contributed by atoms with Crippen LogP contribution in [0.15, 0.2) is 12.4 Å². The Kier molecular flexibility index (Phi) is 3.81. The molecule has 98 valence electrons. The molecule has 0 unspecified atom stereocenters. The molecule has 1 heterocycles. The first-order valence-corrected chi connectivity index (χ1v) is 5.94. The summed E-state index contributed by atoms with van der Waals surface area (Å²) in [6, 6.07) is -0.234. The highest BCUT2D eigenvalue weighted by molar-refractivity contribution is 5.89. The zero-order chi connectivity index (χ0) is 13.0. The average molecular weight is 252 g/mol. The smallest absolute Gasteiger partial charge is 0.319 e. The Hall–Kier alpha value is -2.05. The van der Waals surface area contributed by atoms with Gasteiger partial charge in [0.2, 0.25) is 0 Å². The second kappa shape index (κ2) is 5.52. The fourth-order valence-corrected chi connectivity index (χ4v) is 2.16. The number of aromatic amines is 1. The lowest BCUT2D eigenvalue weighted by Gasteiger charge is -2.26. The van der Waals surface area contributed by atoms with Gasteiger partial charge >= 0.3 is 12.0 Å². The van der Waals surface area contributed by atoms with Gasteiger partial charge in [0.25, 0.3) is 0 Å². The van der Waals surface area contributed by atoms with E-state index in [9.17, 15) is 9.59 Å². The summed E-state index contributed by atoms with van der Waals surface area (Å²) in [5.41, 5.74) is 0.603. The Morgan fingerprint density at radius 2 is 2.06 bits per heavy atom. The molecule has 2 rings (SSSR count). The molecule has 1 aromatic rings. The third kappa shape index (κ3) is 3.22. The van der Waals surface area contributed by atoms with Crippen LogP contribution in [0.25, 0.3) is 0 Å². The molecule has 1 aliphatic carbocycles. The molecule has 0 aliphatic heterocycles. The first-order valence-electron chi connectivity index (χ1n) is 5.94. The van der Waals surface area contributed by atoms with Crippen LogP contribution < -0.4 is 10.6 Å². The number of anilines is 1. The largest absolute Gasteiger partial charge is 0.481 e. The van der Waals surface area contributed by atoms with E-state index in [0.29, 0.717) is 31.4 Å².